The smallest absolute Gasteiger partial charge is 0.165 e. The Morgan fingerprint density at radius 3 is 2.41 bits per heavy atom. The molecule has 2 aliphatic heterocycles. The van der Waals surface area contributed by atoms with Crippen LogP contribution in [0.15, 0.2) is 24.3 Å². The molecule has 10 heteroatoms. The second kappa shape index (κ2) is 8.50. The molecule has 2 heterocycles. The third kappa shape index (κ3) is 2.91. The first kappa shape index (κ1) is 27.5. The fraction of sp³-hybridized carbons (Fsp3) is 0.529. The minimum atomic E-state index is -0.594. The van der Waals surface area contributed by atoms with E-state index >= 15 is 0 Å². The van der Waals surface area contributed by atoms with Crippen LogP contribution in [-0.2, 0) is 11.8 Å². The lowest BCUT2D eigenvalue weighted by atomic mass is 9.53. The van der Waals surface area contributed by atoms with Crippen molar-refractivity contribution in [3.05, 3.63) is 35.4 Å². The number of aliphatic hydroxyl groups excluding tert-OH is 1. The van der Waals surface area contributed by atoms with Gasteiger partial charge in [0.25, 0.3) is 0 Å². The Hall–Kier alpha value is -1.76. The molecule has 1 aromatic carbocycles. The van der Waals surface area contributed by atoms with E-state index in [9.17, 15) is 10.2 Å². The Morgan fingerprint density at radius 1 is 1.07 bits per heavy atom. The molecule has 4 aliphatic rings. The fourth-order valence-corrected chi connectivity index (χ4v) is 5.24. The summed E-state index contributed by atoms with van der Waals surface area (Å²) in [6.07, 6.45) is 5.18. The number of piperidine rings is 1. The Kier molecular flexibility index (Phi) is 8.65. The van der Waals surface area contributed by atoms with Crippen LogP contribution < -0.4 is 4.74 Å². The van der Waals surface area contributed by atoms with Crippen molar-refractivity contribution >= 4 is 0 Å². The topological polar surface area (TPSA) is 242 Å². The molecular formula is C17H31NO9. The van der Waals surface area contributed by atoms with E-state index in [-0.39, 0.29) is 50.1 Å². The monoisotopic (exact) mass is 393 g/mol. The standard InChI is InChI=1S/C17H19NO3.6H2O/c1-18-7-6-17-10-3-5-13(20)16(17)21-15-12(19)4-2-9(14(15)17)8-11(10)18;;;;;;/h2-5,10-11,13,16,19-20H,6-8H2,1H3;6*1H2. The quantitative estimate of drug-likeness (QED) is 0.421. The highest BCUT2D eigenvalue weighted by molar-refractivity contribution is 5.61. The molecule has 158 valence electrons. The zero-order valence-corrected chi connectivity index (χ0v) is 15.0. The zero-order valence-electron chi connectivity index (χ0n) is 15.0. The van der Waals surface area contributed by atoms with Gasteiger partial charge in [-0.2, -0.15) is 0 Å². The van der Waals surface area contributed by atoms with Crippen LogP contribution in [0.2, 0.25) is 0 Å². The van der Waals surface area contributed by atoms with Gasteiger partial charge in [0, 0.05) is 22.9 Å². The van der Waals surface area contributed by atoms with Gasteiger partial charge in [0.15, 0.2) is 11.5 Å². The van der Waals surface area contributed by atoms with Crippen molar-refractivity contribution in [2.45, 2.75) is 36.5 Å². The maximum absolute atomic E-state index is 10.4. The average molecular weight is 393 g/mol. The Labute approximate surface area is 156 Å². The summed E-state index contributed by atoms with van der Waals surface area (Å²) in [5, 5.41) is 20.6. The van der Waals surface area contributed by atoms with Gasteiger partial charge in [-0.1, -0.05) is 18.2 Å². The Bertz CT molecular complexity index is 683. The first-order chi connectivity index (χ1) is 10.1. The largest absolute Gasteiger partial charge is 0.504 e. The van der Waals surface area contributed by atoms with Gasteiger partial charge in [-0.05, 0) is 38.1 Å². The highest BCUT2D eigenvalue weighted by Gasteiger charge is 2.64. The van der Waals surface area contributed by atoms with Crippen LogP contribution >= 0.6 is 0 Å². The maximum Gasteiger partial charge on any atom is 0.165 e. The van der Waals surface area contributed by atoms with Crippen molar-refractivity contribution in [2.24, 2.45) is 5.92 Å². The predicted molar refractivity (Wildman–Crippen MR) is 99.3 cm³/mol. The summed E-state index contributed by atoms with van der Waals surface area (Å²) in [6.45, 7) is 1.01. The summed E-state index contributed by atoms with van der Waals surface area (Å²) < 4.78 is 6.09. The summed E-state index contributed by atoms with van der Waals surface area (Å²) in [5.74, 6) is 1.19. The summed E-state index contributed by atoms with van der Waals surface area (Å²) in [4.78, 5) is 2.43. The molecule has 1 spiro atoms. The van der Waals surface area contributed by atoms with E-state index in [1.165, 1.54) is 11.1 Å². The third-order valence-corrected chi connectivity index (χ3v) is 6.15. The van der Waals surface area contributed by atoms with Gasteiger partial charge in [-0.3, -0.25) is 0 Å². The number of ether oxygens (including phenoxy) is 1. The lowest BCUT2D eigenvalue weighted by Gasteiger charge is -2.56. The molecule has 2 aliphatic carbocycles. The number of phenolic OH excluding ortho intramolecular Hbond substituents is 1. The summed E-state index contributed by atoms with van der Waals surface area (Å²) in [6, 6.07) is 4.23. The molecule has 0 saturated carbocycles. The predicted octanol–water partition coefficient (Wildman–Crippen LogP) is -3.75. The van der Waals surface area contributed by atoms with Gasteiger partial charge in [0.1, 0.15) is 12.2 Å². The zero-order chi connectivity index (χ0) is 14.4. The first-order valence-electron chi connectivity index (χ1n) is 7.71. The van der Waals surface area contributed by atoms with Gasteiger partial charge in [0.2, 0.25) is 0 Å². The van der Waals surface area contributed by atoms with Gasteiger partial charge >= 0.3 is 0 Å². The molecule has 0 radical (unpaired) electrons. The fourth-order valence-electron chi connectivity index (χ4n) is 5.24. The Balaban J connectivity index is 0. The van der Waals surface area contributed by atoms with E-state index in [0.717, 1.165) is 19.4 Å². The summed E-state index contributed by atoms with van der Waals surface area (Å²) >= 11 is 0. The van der Waals surface area contributed by atoms with Crippen LogP contribution in [0.25, 0.3) is 0 Å². The Morgan fingerprint density at radius 2 is 1.74 bits per heavy atom. The lowest BCUT2D eigenvalue weighted by molar-refractivity contribution is -0.0453. The molecule has 1 aromatic rings. The molecular weight excluding hydrogens is 362 g/mol. The highest BCUT2D eigenvalue weighted by atomic mass is 16.5. The second-order valence-electron chi connectivity index (χ2n) is 6.93. The highest BCUT2D eigenvalue weighted by Crippen LogP contribution is 2.62. The van der Waals surface area contributed by atoms with Crippen molar-refractivity contribution in [1.29, 1.82) is 0 Å². The van der Waals surface area contributed by atoms with E-state index in [2.05, 4.69) is 18.0 Å². The molecule has 2 bridgehead atoms. The van der Waals surface area contributed by atoms with Crippen LogP contribution in [0.1, 0.15) is 17.5 Å². The number of benzene rings is 1. The molecule has 14 N–H and O–H groups in total. The van der Waals surface area contributed by atoms with E-state index in [4.69, 9.17) is 4.74 Å². The van der Waals surface area contributed by atoms with Gasteiger partial charge < -0.3 is 52.7 Å². The van der Waals surface area contributed by atoms with Crippen LogP contribution in [0.3, 0.4) is 0 Å². The summed E-state index contributed by atoms with van der Waals surface area (Å²) in [5.41, 5.74) is 2.29. The molecule has 5 unspecified atom stereocenters. The lowest BCUT2D eigenvalue weighted by Crippen LogP contribution is -2.64. The van der Waals surface area contributed by atoms with Crippen molar-refractivity contribution in [3.63, 3.8) is 0 Å². The number of hydrogen-bond acceptors (Lipinski definition) is 4. The van der Waals surface area contributed by atoms with Crippen LogP contribution in [-0.4, -0.2) is 79.8 Å². The van der Waals surface area contributed by atoms with Gasteiger partial charge in [0.05, 0.1) is 0 Å². The molecule has 0 amide bonds. The second-order valence-corrected chi connectivity index (χ2v) is 6.93. The summed E-state index contributed by atoms with van der Waals surface area (Å²) in [7, 11) is 2.19. The van der Waals surface area contributed by atoms with E-state index < -0.39 is 6.10 Å². The number of likely N-dealkylation sites (tertiary alicyclic amines) is 1. The molecule has 10 nitrogen and oxygen atoms in total. The SMILES string of the molecule is CN1CCC23c4c5ccc(O)c4OC2C(O)C=CC3C1C5.O.O.O.O.O.O. The van der Waals surface area contributed by atoms with Crippen molar-refractivity contribution in [1.82, 2.24) is 4.90 Å². The van der Waals surface area contributed by atoms with Gasteiger partial charge in [-0.25, -0.2) is 0 Å². The molecule has 5 atom stereocenters. The normalized spacial score (nSPS) is 33.1. The molecule has 5 rings (SSSR count). The third-order valence-electron chi connectivity index (χ3n) is 6.15. The van der Waals surface area contributed by atoms with Crippen LogP contribution in [0, 0.1) is 5.92 Å². The van der Waals surface area contributed by atoms with Crippen LogP contribution in [0.4, 0.5) is 0 Å². The van der Waals surface area contributed by atoms with Crippen LogP contribution in [0.5, 0.6) is 11.5 Å². The first-order valence-corrected chi connectivity index (χ1v) is 7.71. The van der Waals surface area contributed by atoms with Crippen molar-refractivity contribution < 1.29 is 47.8 Å². The number of hydrogen-bond donors (Lipinski definition) is 2. The van der Waals surface area contributed by atoms with E-state index in [1.54, 1.807) is 6.07 Å². The maximum atomic E-state index is 10.4. The minimum Gasteiger partial charge on any atom is -0.504 e. The number of aromatic hydroxyl groups is 1. The molecule has 0 aromatic heterocycles. The van der Waals surface area contributed by atoms with E-state index in [1.807, 2.05) is 12.1 Å². The molecule has 27 heavy (non-hydrogen) atoms. The number of nitrogens with zero attached hydrogens (tertiary/aromatic N) is 1. The van der Waals surface area contributed by atoms with Crippen molar-refractivity contribution in [3.8, 4) is 11.5 Å². The molecule has 1 saturated heterocycles. The average Bonchev–Trinajstić information content (AvgIpc) is 2.83. The number of rotatable bonds is 0. The number of likely N-dealkylation sites (N-methyl/N-ethyl adjacent to an activating group) is 1. The van der Waals surface area contributed by atoms with E-state index in [0.29, 0.717) is 17.7 Å². The van der Waals surface area contributed by atoms with Crippen molar-refractivity contribution in [2.75, 3.05) is 13.6 Å². The molecule has 1 fully saturated rings. The van der Waals surface area contributed by atoms with Gasteiger partial charge in [-0.15, -0.1) is 0 Å². The minimum absolute atomic E-state index is 0. The number of aliphatic hydroxyl groups is 1. The number of phenols is 1.